The monoisotopic (exact) mass is 418 g/mol. The van der Waals surface area contributed by atoms with Crippen molar-refractivity contribution in [3.63, 3.8) is 0 Å². The molecule has 2 aromatic rings. The number of fused-ring (bicyclic) bond motifs is 3. The zero-order valence-electron chi connectivity index (χ0n) is 15.4. The summed E-state index contributed by atoms with van der Waals surface area (Å²) in [5.74, 6) is -1.60. The van der Waals surface area contributed by atoms with E-state index in [1.54, 1.807) is 0 Å². The maximum absolute atomic E-state index is 14.0. The van der Waals surface area contributed by atoms with Crippen LogP contribution in [-0.4, -0.2) is 65.2 Å². The quantitative estimate of drug-likeness (QED) is 0.776. The van der Waals surface area contributed by atoms with Crippen molar-refractivity contribution >= 4 is 16.9 Å². The Kier molecular flexibility index (Phi) is 4.97. The van der Waals surface area contributed by atoms with E-state index in [4.69, 9.17) is 4.74 Å². The third-order valence-corrected chi connectivity index (χ3v) is 5.66. The van der Waals surface area contributed by atoms with Crippen LogP contribution in [0.1, 0.15) is 23.2 Å². The fraction of sp³-hybridized carbons (Fsp3) is 0.556. The van der Waals surface area contributed by atoms with Gasteiger partial charge in [-0.2, -0.15) is 8.78 Å². The topological polar surface area (TPSA) is 59.4 Å². The first-order valence-corrected chi connectivity index (χ1v) is 9.12. The van der Waals surface area contributed by atoms with Crippen molar-refractivity contribution < 1.29 is 31.5 Å². The second-order valence-electron chi connectivity index (χ2n) is 7.48. The number of carbonyl (C=O) groups excluding carboxylic acids is 1. The molecule has 2 aliphatic rings. The number of amides is 1. The number of halogens is 5. The van der Waals surface area contributed by atoms with Gasteiger partial charge in [-0.1, -0.05) is 0 Å². The minimum absolute atomic E-state index is 0.0709. The van der Waals surface area contributed by atoms with E-state index in [0.29, 0.717) is 38.4 Å². The van der Waals surface area contributed by atoms with Crippen molar-refractivity contribution in [2.75, 3.05) is 20.3 Å². The van der Waals surface area contributed by atoms with Crippen LogP contribution in [0.15, 0.2) is 18.5 Å². The summed E-state index contributed by atoms with van der Waals surface area (Å²) >= 11 is 0. The first kappa shape index (κ1) is 20.0. The first-order valence-electron chi connectivity index (χ1n) is 9.12. The predicted molar refractivity (Wildman–Crippen MR) is 92.5 cm³/mol. The summed E-state index contributed by atoms with van der Waals surface area (Å²) < 4.78 is 72.8. The average molecular weight is 418 g/mol. The van der Waals surface area contributed by atoms with Gasteiger partial charge in [-0.25, -0.2) is 18.2 Å². The summed E-state index contributed by atoms with van der Waals surface area (Å²) in [6.45, 7) is 1.04. The molecule has 4 rings (SSSR count). The van der Waals surface area contributed by atoms with Gasteiger partial charge in [0.05, 0.1) is 25.0 Å². The van der Waals surface area contributed by atoms with Crippen molar-refractivity contribution in [3.8, 4) is 0 Å². The Morgan fingerprint density at radius 2 is 1.97 bits per heavy atom. The van der Waals surface area contributed by atoms with Crippen LogP contribution >= 0.6 is 0 Å². The van der Waals surface area contributed by atoms with Gasteiger partial charge in [-0.05, 0) is 26.0 Å². The molecule has 0 aliphatic carbocycles. The summed E-state index contributed by atoms with van der Waals surface area (Å²) in [5, 5.41) is 2.52. The number of rotatable bonds is 4. The molecule has 1 unspecified atom stereocenters. The highest BCUT2D eigenvalue weighted by Gasteiger charge is 2.45. The third-order valence-electron chi connectivity index (χ3n) is 5.66. The van der Waals surface area contributed by atoms with Gasteiger partial charge in [0.2, 0.25) is 0 Å². The van der Waals surface area contributed by atoms with Gasteiger partial charge in [0, 0.05) is 29.7 Å². The van der Waals surface area contributed by atoms with E-state index in [9.17, 15) is 26.7 Å². The van der Waals surface area contributed by atoms with E-state index >= 15 is 0 Å². The summed E-state index contributed by atoms with van der Waals surface area (Å²) in [6, 6.07) is -3.78. The van der Waals surface area contributed by atoms with Crippen LogP contribution in [0.5, 0.6) is 0 Å². The van der Waals surface area contributed by atoms with Gasteiger partial charge in [-0.3, -0.25) is 14.3 Å². The van der Waals surface area contributed by atoms with Crippen LogP contribution in [0.25, 0.3) is 11.0 Å². The van der Waals surface area contributed by atoms with E-state index in [2.05, 4.69) is 15.2 Å². The average Bonchev–Trinajstić information content (AvgIpc) is 3.02. The highest BCUT2D eigenvalue weighted by atomic mass is 19.3. The lowest BCUT2D eigenvalue weighted by Gasteiger charge is -2.46. The lowest BCUT2D eigenvalue weighted by molar-refractivity contribution is -0.187. The molecular weight excluding hydrogens is 399 g/mol. The van der Waals surface area contributed by atoms with Crippen LogP contribution < -0.4 is 5.32 Å². The normalized spacial score (nSPS) is 25.6. The Balaban J connectivity index is 1.65. The first-order chi connectivity index (χ1) is 13.7. The highest BCUT2D eigenvalue weighted by Crippen LogP contribution is 2.34. The number of carbonyl (C=O) groups is 1. The number of piperidine rings is 1. The molecule has 11 heteroatoms. The van der Waals surface area contributed by atoms with Crippen molar-refractivity contribution in [1.29, 1.82) is 0 Å². The van der Waals surface area contributed by atoms with Gasteiger partial charge in [-0.15, -0.1) is 0 Å². The molecule has 4 heterocycles. The molecule has 2 bridgehead atoms. The van der Waals surface area contributed by atoms with Crippen LogP contribution in [0.3, 0.4) is 0 Å². The molecule has 0 radical (unpaired) electrons. The smallest absolute Gasteiger partial charge is 0.378 e. The second-order valence-corrected chi connectivity index (χ2v) is 7.48. The standard InChI is InChI=1S/C18H19F5N4O2/c1-26-11-3-10(4-12(26)8-29-7-11)25-16(28)14-6-27(18(22,23)17(20)21)15-13(14)2-9(19)5-24-15/h2,5-6,10-12,17H,3-4,7-8H2,1H3,(H,25,28)/t10?,11-,12+. The summed E-state index contributed by atoms with van der Waals surface area (Å²) in [7, 11) is 1.98. The molecule has 2 saturated heterocycles. The van der Waals surface area contributed by atoms with E-state index in [-0.39, 0.29) is 33.6 Å². The maximum atomic E-state index is 14.0. The Hall–Kier alpha value is -2.27. The second kappa shape index (κ2) is 7.21. The molecule has 0 spiro atoms. The Morgan fingerprint density at radius 1 is 1.31 bits per heavy atom. The number of hydrogen-bond acceptors (Lipinski definition) is 4. The zero-order chi connectivity index (χ0) is 20.9. The number of nitrogens with one attached hydrogen (secondary N) is 1. The molecule has 0 saturated carbocycles. The Labute approximate surface area is 162 Å². The van der Waals surface area contributed by atoms with Crippen LogP contribution in [0.4, 0.5) is 22.0 Å². The highest BCUT2D eigenvalue weighted by molar-refractivity contribution is 6.06. The molecule has 2 aromatic heterocycles. The minimum Gasteiger partial charge on any atom is -0.378 e. The summed E-state index contributed by atoms with van der Waals surface area (Å²) in [4.78, 5) is 18.5. The number of ether oxygens (including phenoxy) is 1. The van der Waals surface area contributed by atoms with Gasteiger partial charge in [0.15, 0.2) is 0 Å². The summed E-state index contributed by atoms with van der Waals surface area (Å²) in [6.07, 6.45) is -1.58. The largest absolute Gasteiger partial charge is 0.390 e. The Morgan fingerprint density at radius 3 is 2.59 bits per heavy atom. The van der Waals surface area contributed by atoms with E-state index in [0.717, 1.165) is 6.07 Å². The van der Waals surface area contributed by atoms with Gasteiger partial charge >= 0.3 is 12.5 Å². The molecule has 1 N–H and O–H groups in total. The van der Waals surface area contributed by atoms with Crippen LogP contribution in [-0.2, 0) is 10.8 Å². The molecular formula is C18H19F5N4O2. The van der Waals surface area contributed by atoms with Gasteiger partial charge < -0.3 is 10.1 Å². The molecule has 1 amide bonds. The van der Waals surface area contributed by atoms with Gasteiger partial charge in [0.25, 0.3) is 5.91 Å². The van der Waals surface area contributed by atoms with Crippen molar-refractivity contribution in [3.05, 3.63) is 29.8 Å². The van der Waals surface area contributed by atoms with Crippen LogP contribution in [0, 0.1) is 5.82 Å². The fourth-order valence-corrected chi connectivity index (χ4v) is 4.07. The number of pyridine rings is 1. The number of likely N-dealkylation sites (N-methyl/N-ethyl adjacent to an activating group) is 1. The zero-order valence-corrected chi connectivity index (χ0v) is 15.4. The fourth-order valence-electron chi connectivity index (χ4n) is 4.07. The molecule has 2 aliphatic heterocycles. The molecule has 0 aromatic carbocycles. The van der Waals surface area contributed by atoms with E-state index < -0.39 is 29.8 Å². The molecule has 158 valence electrons. The lowest BCUT2D eigenvalue weighted by Crippen LogP contribution is -2.59. The number of nitrogens with zero attached hydrogens (tertiary/aromatic N) is 3. The molecule has 29 heavy (non-hydrogen) atoms. The lowest BCUT2D eigenvalue weighted by atomic mass is 9.90. The molecule has 6 nitrogen and oxygen atoms in total. The van der Waals surface area contributed by atoms with E-state index in [1.165, 1.54) is 0 Å². The van der Waals surface area contributed by atoms with Crippen LogP contribution in [0.2, 0.25) is 0 Å². The molecule has 2 fully saturated rings. The maximum Gasteiger partial charge on any atom is 0.390 e. The Bertz CT molecular complexity index is 920. The predicted octanol–water partition coefficient (Wildman–Crippen LogP) is 2.58. The molecule has 3 atom stereocenters. The third kappa shape index (κ3) is 3.46. The van der Waals surface area contributed by atoms with E-state index in [1.807, 2.05) is 7.05 Å². The van der Waals surface area contributed by atoms with Crippen molar-refractivity contribution in [2.45, 2.75) is 43.4 Å². The SMILES string of the molecule is CN1[C@@H]2COC[C@H]1CC(NC(=O)c1cn(C(F)(F)C(F)F)c3ncc(F)cc13)C2. The number of hydrogen-bond donors (Lipinski definition) is 1. The van der Waals surface area contributed by atoms with Crippen molar-refractivity contribution in [1.82, 2.24) is 19.8 Å². The summed E-state index contributed by atoms with van der Waals surface area (Å²) in [5.41, 5.74) is -0.914. The number of alkyl halides is 4. The van der Waals surface area contributed by atoms with Gasteiger partial charge in [0.1, 0.15) is 11.5 Å². The number of morpholine rings is 1. The van der Waals surface area contributed by atoms with Crippen molar-refractivity contribution in [2.24, 2.45) is 0 Å². The minimum atomic E-state index is -4.59. The number of aromatic nitrogens is 2.